The lowest BCUT2D eigenvalue weighted by atomic mass is 10.0. The van der Waals surface area contributed by atoms with E-state index < -0.39 is 15.8 Å². The summed E-state index contributed by atoms with van der Waals surface area (Å²) in [6.07, 6.45) is 0.482. The van der Waals surface area contributed by atoms with Crippen molar-refractivity contribution in [2.75, 3.05) is 19.8 Å². The lowest BCUT2D eigenvalue weighted by Crippen LogP contribution is -2.33. The summed E-state index contributed by atoms with van der Waals surface area (Å²) in [6, 6.07) is 6.98. The van der Waals surface area contributed by atoms with Gasteiger partial charge in [-0.1, -0.05) is 26.0 Å². The molecule has 0 unspecified atom stereocenters. The van der Waals surface area contributed by atoms with E-state index in [0.717, 1.165) is 5.56 Å². The zero-order valence-electron chi connectivity index (χ0n) is 12.8. The molecule has 0 amide bonds. The summed E-state index contributed by atoms with van der Waals surface area (Å²) in [4.78, 5) is 0.283. The van der Waals surface area contributed by atoms with Crippen LogP contribution in [0, 0.1) is 0 Å². The van der Waals surface area contributed by atoms with E-state index in [1.165, 1.54) is 0 Å². The summed E-state index contributed by atoms with van der Waals surface area (Å²) in [6.45, 7) is 7.37. The predicted octanol–water partition coefficient (Wildman–Crippen LogP) is 2.24. The fraction of sp³-hybridized carbons (Fsp3) is 0.600. The topological polar surface area (TPSA) is 64.6 Å². The van der Waals surface area contributed by atoms with Gasteiger partial charge in [0.1, 0.15) is 0 Å². The van der Waals surface area contributed by atoms with E-state index in [-0.39, 0.29) is 11.4 Å². The van der Waals surface area contributed by atoms with Crippen molar-refractivity contribution >= 4 is 10.0 Å². The van der Waals surface area contributed by atoms with Gasteiger partial charge < -0.3 is 9.47 Å². The van der Waals surface area contributed by atoms with Crippen LogP contribution in [0.1, 0.15) is 38.7 Å². The van der Waals surface area contributed by atoms with Gasteiger partial charge in [-0.05, 0) is 30.5 Å². The number of hydrogen-bond donors (Lipinski definition) is 1. The first kappa shape index (κ1) is 16.4. The lowest BCUT2D eigenvalue weighted by molar-refractivity contribution is -0.145. The van der Waals surface area contributed by atoms with Gasteiger partial charge in [-0.25, -0.2) is 13.1 Å². The highest BCUT2D eigenvalue weighted by atomic mass is 32.2. The maximum absolute atomic E-state index is 12.2. The number of ether oxygens (including phenoxy) is 2. The Hall–Kier alpha value is -0.950. The second kappa shape index (κ2) is 6.44. The molecule has 1 heterocycles. The fourth-order valence-electron chi connectivity index (χ4n) is 2.23. The maximum Gasteiger partial charge on any atom is 0.240 e. The van der Waals surface area contributed by atoms with Crippen LogP contribution in [0.25, 0.3) is 0 Å². The predicted molar refractivity (Wildman–Crippen MR) is 80.6 cm³/mol. The largest absolute Gasteiger partial charge is 0.348 e. The first-order chi connectivity index (χ1) is 9.82. The van der Waals surface area contributed by atoms with E-state index in [1.54, 1.807) is 12.1 Å². The average molecular weight is 313 g/mol. The van der Waals surface area contributed by atoms with Gasteiger partial charge in [-0.15, -0.1) is 0 Å². The van der Waals surface area contributed by atoms with Crippen LogP contribution in [0.3, 0.4) is 0 Å². The SMILES string of the molecule is CC(C)c1ccc(S(=O)(=O)NCCC2(C)OCCO2)cc1. The molecule has 1 fully saturated rings. The molecule has 5 nitrogen and oxygen atoms in total. The van der Waals surface area contributed by atoms with E-state index in [0.29, 0.717) is 25.6 Å². The summed E-state index contributed by atoms with van der Waals surface area (Å²) in [5, 5.41) is 0. The minimum absolute atomic E-state index is 0.283. The molecule has 0 spiro atoms. The van der Waals surface area contributed by atoms with Gasteiger partial charge in [-0.3, -0.25) is 0 Å². The number of sulfonamides is 1. The maximum atomic E-state index is 12.2. The third kappa shape index (κ3) is 4.26. The van der Waals surface area contributed by atoms with Crippen LogP contribution in [-0.4, -0.2) is 34.0 Å². The Bertz CT molecular complexity index is 560. The lowest BCUT2D eigenvalue weighted by Gasteiger charge is -2.22. The Morgan fingerprint density at radius 3 is 2.29 bits per heavy atom. The molecule has 1 aliphatic rings. The third-order valence-corrected chi connectivity index (χ3v) is 5.10. The van der Waals surface area contributed by atoms with Gasteiger partial charge in [0.05, 0.1) is 18.1 Å². The second-order valence-corrected chi connectivity index (χ2v) is 7.47. The normalized spacial score (nSPS) is 18.3. The number of nitrogens with one attached hydrogen (secondary N) is 1. The highest BCUT2D eigenvalue weighted by Gasteiger charge is 2.30. The summed E-state index contributed by atoms with van der Waals surface area (Å²) in [7, 11) is -3.48. The average Bonchev–Trinajstić information content (AvgIpc) is 2.85. The summed E-state index contributed by atoms with van der Waals surface area (Å²) < 4.78 is 37.9. The van der Waals surface area contributed by atoms with Crippen LogP contribution in [0.2, 0.25) is 0 Å². The van der Waals surface area contributed by atoms with E-state index in [2.05, 4.69) is 18.6 Å². The quantitative estimate of drug-likeness (QED) is 0.875. The summed E-state index contributed by atoms with van der Waals surface area (Å²) in [5.41, 5.74) is 1.12. The van der Waals surface area contributed by atoms with Gasteiger partial charge in [-0.2, -0.15) is 0 Å². The van der Waals surface area contributed by atoms with E-state index in [4.69, 9.17) is 9.47 Å². The molecule has 6 heteroatoms. The minimum Gasteiger partial charge on any atom is -0.348 e. The Morgan fingerprint density at radius 1 is 1.19 bits per heavy atom. The van der Waals surface area contributed by atoms with E-state index in [1.807, 2.05) is 19.1 Å². The van der Waals surface area contributed by atoms with Gasteiger partial charge in [0.2, 0.25) is 10.0 Å². The molecule has 21 heavy (non-hydrogen) atoms. The second-order valence-electron chi connectivity index (χ2n) is 5.70. The number of hydrogen-bond acceptors (Lipinski definition) is 4. The van der Waals surface area contributed by atoms with E-state index in [9.17, 15) is 8.42 Å². The van der Waals surface area contributed by atoms with Crippen LogP contribution in [0.4, 0.5) is 0 Å². The van der Waals surface area contributed by atoms with Crippen molar-refractivity contribution < 1.29 is 17.9 Å². The third-order valence-electron chi connectivity index (χ3n) is 3.63. The first-order valence-corrected chi connectivity index (χ1v) is 8.68. The Morgan fingerprint density at radius 2 is 1.76 bits per heavy atom. The molecule has 1 saturated heterocycles. The van der Waals surface area contributed by atoms with Crippen molar-refractivity contribution in [3.05, 3.63) is 29.8 Å². The van der Waals surface area contributed by atoms with Crippen molar-refractivity contribution in [1.82, 2.24) is 4.72 Å². The molecule has 1 aliphatic heterocycles. The van der Waals surface area contributed by atoms with Crippen LogP contribution < -0.4 is 4.72 Å². The zero-order valence-corrected chi connectivity index (χ0v) is 13.6. The standard InChI is InChI=1S/C15H23NO4S/c1-12(2)13-4-6-14(7-5-13)21(17,18)16-9-8-15(3)19-10-11-20-15/h4-7,12,16H,8-11H2,1-3H3. The Balaban J connectivity index is 1.95. The molecular formula is C15H23NO4S. The van der Waals surface area contributed by atoms with Gasteiger partial charge in [0.25, 0.3) is 0 Å². The van der Waals surface area contributed by atoms with Crippen LogP contribution >= 0.6 is 0 Å². The van der Waals surface area contributed by atoms with Crippen molar-refractivity contribution in [3.8, 4) is 0 Å². The molecule has 0 aliphatic carbocycles. The summed E-state index contributed by atoms with van der Waals surface area (Å²) >= 11 is 0. The molecule has 0 bridgehead atoms. The molecule has 118 valence electrons. The van der Waals surface area contributed by atoms with Crippen LogP contribution in [0.15, 0.2) is 29.2 Å². The van der Waals surface area contributed by atoms with Crippen LogP contribution in [-0.2, 0) is 19.5 Å². The zero-order chi connectivity index (χ0) is 15.5. The first-order valence-electron chi connectivity index (χ1n) is 7.20. The molecular weight excluding hydrogens is 290 g/mol. The fourth-order valence-corrected chi connectivity index (χ4v) is 3.26. The highest BCUT2D eigenvalue weighted by molar-refractivity contribution is 7.89. The van der Waals surface area contributed by atoms with Crippen molar-refractivity contribution in [2.45, 2.75) is 43.8 Å². The van der Waals surface area contributed by atoms with Crippen LogP contribution in [0.5, 0.6) is 0 Å². The van der Waals surface area contributed by atoms with Crippen molar-refractivity contribution in [2.24, 2.45) is 0 Å². The molecule has 1 N–H and O–H groups in total. The number of rotatable bonds is 6. The number of benzene rings is 1. The smallest absolute Gasteiger partial charge is 0.240 e. The Labute approximate surface area is 126 Å². The molecule has 0 aromatic heterocycles. The molecule has 0 saturated carbocycles. The summed E-state index contributed by atoms with van der Waals surface area (Å²) in [5.74, 6) is -0.296. The monoisotopic (exact) mass is 313 g/mol. The minimum atomic E-state index is -3.48. The highest BCUT2D eigenvalue weighted by Crippen LogP contribution is 2.22. The van der Waals surface area contributed by atoms with Crippen molar-refractivity contribution in [1.29, 1.82) is 0 Å². The molecule has 1 aromatic rings. The molecule has 2 rings (SSSR count). The molecule has 0 radical (unpaired) electrons. The molecule has 1 aromatic carbocycles. The van der Waals surface area contributed by atoms with E-state index >= 15 is 0 Å². The van der Waals surface area contributed by atoms with Crippen molar-refractivity contribution in [3.63, 3.8) is 0 Å². The Kier molecular flexibility index (Phi) is 5.03. The molecule has 0 atom stereocenters. The van der Waals surface area contributed by atoms with Gasteiger partial charge in [0.15, 0.2) is 5.79 Å². The van der Waals surface area contributed by atoms with Gasteiger partial charge >= 0.3 is 0 Å². The van der Waals surface area contributed by atoms with Gasteiger partial charge in [0, 0.05) is 13.0 Å².